The van der Waals surface area contributed by atoms with Crippen LogP contribution in [0.25, 0.3) is 0 Å². The van der Waals surface area contributed by atoms with Gasteiger partial charge in [-0.3, -0.25) is 4.79 Å². The predicted octanol–water partition coefficient (Wildman–Crippen LogP) is -1.04. The van der Waals surface area contributed by atoms with Crippen LogP contribution in [0.5, 0.6) is 0 Å². The molecule has 0 radical (unpaired) electrons. The zero-order valence-corrected chi connectivity index (χ0v) is 11.8. The first kappa shape index (κ1) is 13.8. The van der Waals surface area contributed by atoms with Crippen molar-refractivity contribution in [3.8, 4) is 0 Å². The molecule has 1 aliphatic rings. The van der Waals surface area contributed by atoms with Crippen LogP contribution in [0.2, 0.25) is 0 Å². The highest BCUT2D eigenvalue weighted by atomic mass is 32.1. The fourth-order valence-electron chi connectivity index (χ4n) is 2.75. The highest BCUT2D eigenvalue weighted by molar-refractivity contribution is 7.71. The van der Waals surface area contributed by atoms with Gasteiger partial charge in [-0.05, 0) is 12.0 Å². The summed E-state index contributed by atoms with van der Waals surface area (Å²) >= 11 is 5.34. The van der Waals surface area contributed by atoms with Crippen LogP contribution in [0.15, 0.2) is 0 Å². The van der Waals surface area contributed by atoms with Gasteiger partial charge in [-0.2, -0.15) is 0 Å². The molecule has 0 bridgehead atoms. The molecule has 2 heterocycles. The number of rotatable bonds is 3. The van der Waals surface area contributed by atoms with Gasteiger partial charge in [0.1, 0.15) is 17.0 Å². The Morgan fingerprint density at radius 2 is 2.16 bits per heavy atom. The Morgan fingerprint density at radius 1 is 1.47 bits per heavy atom. The van der Waals surface area contributed by atoms with Gasteiger partial charge in [-0.1, -0.05) is 19.1 Å². The summed E-state index contributed by atoms with van der Waals surface area (Å²) in [6.07, 6.45) is 1.87. The van der Waals surface area contributed by atoms with Crippen LogP contribution in [0.3, 0.4) is 0 Å². The number of nitrogens with two attached hydrogens (primary N) is 3. The predicted molar refractivity (Wildman–Crippen MR) is 76.7 cm³/mol. The monoisotopic (exact) mass is 282 g/mol. The van der Waals surface area contributed by atoms with Crippen LogP contribution in [0.4, 0.5) is 5.82 Å². The van der Waals surface area contributed by atoms with Crippen molar-refractivity contribution in [2.24, 2.45) is 5.73 Å². The summed E-state index contributed by atoms with van der Waals surface area (Å²) in [5.74, 6) is 5.46. The first-order chi connectivity index (χ1) is 8.97. The number of primary amides is 1. The third kappa shape index (κ3) is 2.31. The van der Waals surface area contributed by atoms with Gasteiger partial charge in [0.2, 0.25) is 0 Å². The van der Waals surface area contributed by atoms with E-state index in [9.17, 15) is 4.79 Å². The lowest BCUT2D eigenvalue weighted by Crippen LogP contribution is -3.11. The van der Waals surface area contributed by atoms with E-state index in [1.165, 1.54) is 9.58 Å². The van der Waals surface area contributed by atoms with Gasteiger partial charge >= 0.3 is 0 Å². The molecular formula is C12H20N5OS+. The SMILES string of the molecule is CCC[NH+]1CCc2c(C(N)=O)c(N)n(N)c(=S)c2C1. The molecule has 7 heteroatoms. The Bertz CT molecular complexity index is 580. The molecule has 7 N–H and O–H groups in total. The van der Waals surface area contributed by atoms with Crippen molar-refractivity contribution >= 4 is 23.9 Å². The van der Waals surface area contributed by atoms with Gasteiger partial charge in [0.25, 0.3) is 5.91 Å². The Kier molecular flexibility index (Phi) is 3.77. The quantitative estimate of drug-likeness (QED) is 0.420. The second-order valence-electron chi connectivity index (χ2n) is 4.93. The normalized spacial score (nSPS) is 18.1. The number of nitrogens with one attached hydrogen (secondary N) is 1. The second-order valence-corrected chi connectivity index (χ2v) is 5.32. The number of fused-ring (bicyclic) bond motifs is 1. The van der Waals surface area contributed by atoms with E-state index < -0.39 is 5.91 Å². The van der Waals surface area contributed by atoms with E-state index in [1.807, 2.05) is 0 Å². The highest BCUT2D eigenvalue weighted by Gasteiger charge is 2.27. The van der Waals surface area contributed by atoms with Crippen LogP contribution in [-0.4, -0.2) is 23.7 Å². The lowest BCUT2D eigenvalue weighted by atomic mass is 9.95. The Morgan fingerprint density at radius 3 is 2.74 bits per heavy atom. The molecule has 0 spiro atoms. The molecule has 0 aliphatic carbocycles. The minimum absolute atomic E-state index is 0.162. The van der Waals surface area contributed by atoms with Crippen LogP contribution in [-0.2, 0) is 13.0 Å². The van der Waals surface area contributed by atoms with E-state index in [0.29, 0.717) is 10.2 Å². The smallest absolute Gasteiger partial charge is 0.252 e. The lowest BCUT2D eigenvalue weighted by molar-refractivity contribution is -0.916. The molecule has 1 unspecified atom stereocenters. The van der Waals surface area contributed by atoms with Gasteiger partial charge in [0, 0.05) is 12.0 Å². The molecule has 1 atom stereocenters. The summed E-state index contributed by atoms with van der Waals surface area (Å²) in [5.41, 5.74) is 13.4. The first-order valence-electron chi connectivity index (χ1n) is 6.42. The van der Waals surface area contributed by atoms with Crippen molar-refractivity contribution in [3.05, 3.63) is 21.3 Å². The van der Waals surface area contributed by atoms with Crippen molar-refractivity contribution in [3.63, 3.8) is 0 Å². The zero-order valence-electron chi connectivity index (χ0n) is 11.0. The first-order valence-corrected chi connectivity index (χ1v) is 6.82. The maximum atomic E-state index is 11.6. The minimum Gasteiger partial charge on any atom is -0.383 e. The van der Waals surface area contributed by atoms with Gasteiger partial charge < -0.3 is 22.2 Å². The molecule has 104 valence electrons. The number of amides is 1. The number of nitrogen functional groups attached to an aromatic ring is 2. The van der Waals surface area contributed by atoms with Crippen molar-refractivity contribution < 1.29 is 9.69 Å². The summed E-state index contributed by atoms with van der Waals surface area (Å²) in [6.45, 7) is 4.97. The average Bonchev–Trinajstić information content (AvgIpc) is 2.37. The number of hydrogen-bond donors (Lipinski definition) is 4. The molecule has 0 saturated carbocycles. The standard InChI is InChI=1S/C12H19N5OS/c1-2-4-16-5-3-7-8(6-16)12(19)17(15)10(13)9(7)11(14)18/h2-6,13,15H2,1H3,(H2,14,18)/p+1. The van der Waals surface area contributed by atoms with E-state index >= 15 is 0 Å². The topological polar surface area (TPSA) is 104 Å². The van der Waals surface area contributed by atoms with E-state index in [-0.39, 0.29) is 5.82 Å². The summed E-state index contributed by atoms with van der Waals surface area (Å²) in [5, 5.41) is 0. The maximum absolute atomic E-state index is 11.6. The van der Waals surface area contributed by atoms with E-state index in [4.69, 9.17) is 29.5 Å². The van der Waals surface area contributed by atoms with E-state index in [0.717, 1.165) is 43.6 Å². The molecule has 1 amide bonds. The summed E-state index contributed by atoms with van der Waals surface area (Å²) in [7, 11) is 0. The van der Waals surface area contributed by atoms with Crippen molar-refractivity contribution in [2.75, 3.05) is 24.7 Å². The molecular weight excluding hydrogens is 262 g/mol. The minimum atomic E-state index is -0.540. The number of anilines is 1. The summed E-state index contributed by atoms with van der Waals surface area (Å²) in [6, 6.07) is 0. The number of carbonyl (C=O) groups is 1. The van der Waals surface area contributed by atoms with Crippen molar-refractivity contribution in [2.45, 2.75) is 26.3 Å². The van der Waals surface area contributed by atoms with Gasteiger partial charge in [-0.15, -0.1) is 0 Å². The van der Waals surface area contributed by atoms with Crippen LogP contribution >= 0.6 is 12.2 Å². The van der Waals surface area contributed by atoms with Gasteiger partial charge in [-0.25, -0.2) is 4.68 Å². The molecule has 1 aromatic heterocycles. The molecule has 0 fully saturated rings. The second kappa shape index (κ2) is 5.18. The number of carbonyl (C=O) groups excluding carboxylic acids is 1. The van der Waals surface area contributed by atoms with Crippen molar-refractivity contribution in [1.29, 1.82) is 0 Å². The van der Waals surface area contributed by atoms with E-state index in [2.05, 4.69) is 6.92 Å². The number of quaternary nitrogens is 1. The molecule has 0 aromatic carbocycles. The Hall–Kier alpha value is -1.60. The van der Waals surface area contributed by atoms with Crippen LogP contribution in [0.1, 0.15) is 34.8 Å². The third-order valence-electron chi connectivity index (χ3n) is 3.66. The van der Waals surface area contributed by atoms with Gasteiger partial charge in [0.05, 0.1) is 18.7 Å². The maximum Gasteiger partial charge on any atom is 0.252 e. The van der Waals surface area contributed by atoms with Crippen LogP contribution in [0, 0.1) is 4.64 Å². The van der Waals surface area contributed by atoms with Crippen LogP contribution < -0.4 is 22.2 Å². The number of pyridine rings is 1. The molecule has 0 saturated heterocycles. The molecule has 2 rings (SSSR count). The highest BCUT2D eigenvalue weighted by Crippen LogP contribution is 2.23. The summed E-state index contributed by atoms with van der Waals surface area (Å²) < 4.78 is 1.70. The molecule has 1 aliphatic heterocycles. The number of hydrogen-bond acceptors (Lipinski definition) is 4. The Balaban J connectivity index is 2.59. The number of aromatic nitrogens is 1. The van der Waals surface area contributed by atoms with Gasteiger partial charge in [0.15, 0.2) is 0 Å². The van der Waals surface area contributed by atoms with Crippen molar-refractivity contribution in [1.82, 2.24) is 4.68 Å². The zero-order chi connectivity index (χ0) is 14.2. The lowest BCUT2D eigenvalue weighted by Gasteiger charge is -2.28. The largest absolute Gasteiger partial charge is 0.383 e. The fourth-order valence-corrected chi connectivity index (χ4v) is 3.04. The molecule has 19 heavy (non-hydrogen) atoms. The average molecular weight is 282 g/mol. The fraction of sp³-hybridized carbons (Fsp3) is 0.500. The Labute approximate surface area is 117 Å². The third-order valence-corrected chi connectivity index (χ3v) is 4.11. The summed E-state index contributed by atoms with van der Waals surface area (Å²) in [4.78, 5) is 13.0. The molecule has 6 nitrogen and oxygen atoms in total. The van der Waals surface area contributed by atoms with E-state index in [1.54, 1.807) is 0 Å². The number of nitrogens with zero attached hydrogens (tertiary/aromatic N) is 1. The molecule has 1 aromatic rings.